The maximum atomic E-state index is 12.5. The fourth-order valence-corrected chi connectivity index (χ4v) is 4.82. The lowest BCUT2D eigenvalue weighted by Gasteiger charge is -2.34. The van der Waals surface area contributed by atoms with Crippen LogP contribution in [-0.4, -0.2) is 59.3 Å². The zero-order valence-corrected chi connectivity index (χ0v) is 17.1. The number of hydrogen-bond donors (Lipinski definition) is 1. The first kappa shape index (κ1) is 19.1. The van der Waals surface area contributed by atoms with Crippen LogP contribution in [0.4, 0.5) is 5.13 Å². The highest BCUT2D eigenvalue weighted by Crippen LogP contribution is 2.30. The molecule has 1 aromatic heterocycles. The molecule has 0 unspecified atom stereocenters. The number of benzene rings is 1. The number of thiazole rings is 1. The molecule has 6 nitrogen and oxygen atoms in total. The van der Waals surface area contributed by atoms with Gasteiger partial charge in [-0.3, -0.25) is 14.5 Å². The maximum Gasteiger partial charge on any atom is 0.240 e. The Bertz CT molecular complexity index is 832. The van der Waals surface area contributed by atoms with Crippen molar-refractivity contribution in [3.8, 4) is 0 Å². The number of aryl methyl sites for hydroxylation is 3. The van der Waals surface area contributed by atoms with Crippen molar-refractivity contribution in [2.45, 2.75) is 32.6 Å². The second kappa shape index (κ2) is 8.41. The van der Waals surface area contributed by atoms with Gasteiger partial charge in [0.2, 0.25) is 11.8 Å². The van der Waals surface area contributed by atoms with E-state index in [-0.39, 0.29) is 11.8 Å². The van der Waals surface area contributed by atoms with Crippen molar-refractivity contribution in [2.24, 2.45) is 0 Å². The number of aromatic nitrogens is 1. The number of piperazine rings is 1. The van der Waals surface area contributed by atoms with Gasteiger partial charge in [-0.1, -0.05) is 29.8 Å². The van der Waals surface area contributed by atoms with Crippen LogP contribution in [0.1, 0.15) is 28.1 Å². The number of fused-ring (bicyclic) bond motifs is 1. The van der Waals surface area contributed by atoms with Crippen LogP contribution in [0.5, 0.6) is 0 Å². The topological polar surface area (TPSA) is 65.5 Å². The molecule has 148 valence electrons. The van der Waals surface area contributed by atoms with Crippen molar-refractivity contribution in [2.75, 3.05) is 38.0 Å². The first-order chi connectivity index (χ1) is 13.6. The standard InChI is InChI=1S/C21H26N4O2S/c1-15-5-7-16(8-6-15)13-20(27)25-11-9-24(10-12-25)14-19(26)23-21-22-17-3-2-4-18(17)28-21/h5-8H,2-4,9-14H2,1H3,(H,22,23,26). The molecule has 1 aliphatic carbocycles. The van der Waals surface area contributed by atoms with Gasteiger partial charge in [-0.15, -0.1) is 11.3 Å². The van der Waals surface area contributed by atoms with Gasteiger partial charge in [0.05, 0.1) is 18.7 Å². The maximum absolute atomic E-state index is 12.5. The summed E-state index contributed by atoms with van der Waals surface area (Å²) in [6.45, 7) is 5.18. The van der Waals surface area contributed by atoms with E-state index in [1.54, 1.807) is 11.3 Å². The number of amides is 2. The molecule has 1 aliphatic heterocycles. The summed E-state index contributed by atoms with van der Waals surface area (Å²) in [4.78, 5) is 34.7. The van der Waals surface area contributed by atoms with E-state index in [1.165, 1.54) is 16.9 Å². The lowest BCUT2D eigenvalue weighted by molar-refractivity contribution is -0.132. The summed E-state index contributed by atoms with van der Waals surface area (Å²) in [5, 5.41) is 3.66. The molecule has 1 saturated heterocycles. The molecule has 2 aromatic rings. The van der Waals surface area contributed by atoms with E-state index >= 15 is 0 Å². The Morgan fingerprint density at radius 2 is 1.86 bits per heavy atom. The number of hydrogen-bond acceptors (Lipinski definition) is 5. The first-order valence-corrected chi connectivity index (χ1v) is 10.7. The molecule has 1 aromatic carbocycles. The Balaban J connectivity index is 1.21. The number of rotatable bonds is 5. The highest BCUT2D eigenvalue weighted by Gasteiger charge is 2.23. The van der Waals surface area contributed by atoms with Gasteiger partial charge in [-0.05, 0) is 31.7 Å². The lowest BCUT2D eigenvalue weighted by Crippen LogP contribution is -2.50. The number of anilines is 1. The quantitative estimate of drug-likeness (QED) is 0.839. The van der Waals surface area contributed by atoms with E-state index in [0.29, 0.717) is 26.1 Å². The summed E-state index contributed by atoms with van der Waals surface area (Å²) in [5.74, 6) is 0.136. The first-order valence-electron chi connectivity index (χ1n) is 9.91. The zero-order chi connectivity index (χ0) is 19.5. The normalized spacial score (nSPS) is 16.8. The average molecular weight is 399 g/mol. The predicted molar refractivity (Wildman–Crippen MR) is 111 cm³/mol. The van der Waals surface area contributed by atoms with Crippen molar-refractivity contribution < 1.29 is 9.59 Å². The van der Waals surface area contributed by atoms with Gasteiger partial charge in [-0.2, -0.15) is 0 Å². The van der Waals surface area contributed by atoms with Crippen molar-refractivity contribution in [3.05, 3.63) is 46.0 Å². The molecule has 0 spiro atoms. The van der Waals surface area contributed by atoms with Gasteiger partial charge in [0.15, 0.2) is 5.13 Å². The molecule has 2 heterocycles. The Morgan fingerprint density at radius 3 is 2.57 bits per heavy atom. The summed E-state index contributed by atoms with van der Waals surface area (Å²) in [5.41, 5.74) is 3.40. The second-order valence-corrected chi connectivity index (χ2v) is 8.69. The molecule has 7 heteroatoms. The minimum atomic E-state index is -0.0214. The van der Waals surface area contributed by atoms with Crippen molar-refractivity contribution in [1.82, 2.24) is 14.8 Å². The van der Waals surface area contributed by atoms with Crippen molar-refractivity contribution in [3.63, 3.8) is 0 Å². The third-order valence-electron chi connectivity index (χ3n) is 5.41. The molecule has 2 amide bonds. The van der Waals surface area contributed by atoms with Gasteiger partial charge in [0.1, 0.15) is 0 Å². The molecule has 0 saturated carbocycles. The van der Waals surface area contributed by atoms with Gasteiger partial charge >= 0.3 is 0 Å². The highest BCUT2D eigenvalue weighted by molar-refractivity contribution is 7.15. The van der Waals surface area contributed by atoms with E-state index in [1.807, 2.05) is 36.1 Å². The largest absolute Gasteiger partial charge is 0.340 e. The Hall–Kier alpha value is -2.25. The molecule has 0 bridgehead atoms. The molecule has 2 aliphatic rings. The smallest absolute Gasteiger partial charge is 0.240 e. The Labute approximate surface area is 169 Å². The van der Waals surface area contributed by atoms with E-state index in [2.05, 4.69) is 15.2 Å². The van der Waals surface area contributed by atoms with Crippen LogP contribution in [0.15, 0.2) is 24.3 Å². The number of nitrogens with one attached hydrogen (secondary N) is 1. The monoisotopic (exact) mass is 398 g/mol. The summed E-state index contributed by atoms with van der Waals surface area (Å²) in [6.07, 6.45) is 3.73. The number of nitrogens with zero attached hydrogens (tertiary/aromatic N) is 3. The van der Waals surface area contributed by atoms with Gasteiger partial charge in [0.25, 0.3) is 0 Å². The Morgan fingerprint density at radius 1 is 1.11 bits per heavy atom. The van der Waals surface area contributed by atoms with Gasteiger partial charge < -0.3 is 10.2 Å². The molecule has 28 heavy (non-hydrogen) atoms. The second-order valence-electron chi connectivity index (χ2n) is 7.61. The molecule has 4 rings (SSSR count). The zero-order valence-electron chi connectivity index (χ0n) is 16.2. The fraction of sp³-hybridized carbons (Fsp3) is 0.476. The van der Waals surface area contributed by atoms with Crippen LogP contribution in [0.2, 0.25) is 0 Å². The van der Waals surface area contributed by atoms with Crippen LogP contribution in [0.25, 0.3) is 0 Å². The van der Waals surface area contributed by atoms with E-state index in [9.17, 15) is 9.59 Å². The average Bonchev–Trinajstić information content (AvgIpc) is 3.25. The van der Waals surface area contributed by atoms with Crippen LogP contribution < -0.4 is 5.32 Å². The van der Waals surface area contributed by atoms with Crippen molar-refractivity contribution >= 4 is 28.3 Å². The van der Waals surface area contributed by atoms with E-state index in [4.69, 9.17) is 0 Å². The number of carbonyl (C=O) groups is 2. The van der Waals surface area contributed by atoms with Crippen LogP contribution >= 0.6 is 11.3 Å². The minimum Gasteiger partial charge on any atom is -0.340 e. The van der Waals surface area contributed by atoms with Crippen molar-refractivity contribution in [1.29, 1.82) is 0 Å². The molecular weight excluding hydrogens is 372 g/mol. The van der Waals surface area contributed by atoms with Crippen LogP contribution in [0, 0.1) is 6.92 Å². The SMILES string of the molecule is Cc1ccc(CC(=O)N2CCN(CC(=O)Nc3nc4c(s3)CCC4)CC2)cc1. The van der Waals surface area contributed by atoms with Crippen LogP contribution in [0.3, 0.4) is 0 Å². The molecular formula is C21H26N4O2S. The highest BCUT2D eigenvalue weighted by atomic mass is 32.1. The summed E-state index contributed by atoms with van der Waals surface area (Å²) < 4.78 is 0. The van der Waals surface area contributed by atoms with Crippen LogP contribution in [-0.2, 0) is 28.9 Å². The summed E-state index contributed by atoms with van der Waals surface area (Å²) in [7, 11) is 0. The minimum absolute atomic E-state index is 0.0214. The van der Waals surface area contributed by atoms with E-state index in [0.717, 1.165) is 42.3 Å². The summed E-state index contributed by atoms with van der Waals surface area (Å²) >= 11 is 1.60. The predicted octanol–water partition coefficient (Wildman–Crippen LogP) is 2.27. The van der Waals surface area contributed by atoms with Gasteiger partial charge in [-0.25, -0.2) is 4.98 Å². The third kappa shape index (κ3) is 4.59. The lowest BCUT2D eigenvalue weighted by atomic mass is 10.1. The number of carbonyl (C=O) groups excluding carboxylic acids is 2. The third-order valence-corrected chi connectivity index (χ3v) is 6.48. The fourth-order valence-electron chi connectivity index (χ4n) is 3.75. The van der Waals surface area contributed by atoms with Gasteiger partial charge in [0, 0.05) is 31.1 Å². The molecule has 0 atom stereocenters. The summed E-state index contributed by atoms with van der Waals surface area (Å²) in [6, 6.07) is 8.11. The molecule has 1 fully saturated rings. The molecule has 1 N–H and O–H groups in total. The molecule has 0 radical (unpaired) electrons. The van der Waals surface area contributed by atoms with E-state index < -0.39 is 0 Å². The Kier molecular flexibility index (Phi) is 5.73.